The van der Waals surface area contributed by atoms with Gasteiger partial charge >= 0.3 is 5.97 Å². The Morgan fingerprint density at radius 2 is 1.53 bits per heavy atom. The zero-order chi connectivity index (χ0) is 22.3. The molecule has 0 bridgehead atoms. The lowest BCUT2D eigenvalue weighted by Gasteiger charge is -2.18. The summed E-state index contributed by atoms with van der Waals surface area (Å²) in [4.78, 5) is 21.1. The highest BCUT2D eigenvalue weighted by Crippen LogP contribution is 2.24. The number of nitrogens with one attached hydrogen (secondary N) is 1. The molecule has 0 saturated carbocycles. The molecular formula is C26H22FN3O2. The van der Waals surface area contributed by atoms with Crippen molar-refractivity contribution in [2.24, 2.45) is 0 Å². The molecule has 0 radical (unpaired) electrons. The van der Waals surface area contributed by atoms with Gasteiger partial charge in [-0.25, -0.2) is 19.2 Å². The minimum atomic E-state index is -0.987. The number of carboxylic acid groups (broad SMARTS) is 1. The number of nitrogens with zero attached hydrogens (tertiary/aromatic N) is 2. The van der Waals surface area contributed by atoms with Crippen LogP contribution in [0.3, 0.4) is 0 Å². The fraction of sp³-hybridized carbons (Fsp3) is 0.115. The van der Waals surface area contributed by atoms with Gasteiger partial charge in [0.1, 0.15) is 17.7 Å². The monoisotopic (exact) mass is 427 g/mol. The molecule has 0 saturated heterocycles. The van der Waals surface area contributed by atoms with Crippen molar-refractivity contribution in [3.8, 4) is 11.3 Å². The van der Waals surface area contributed by atoms with Gasteiger partial charge in [-0.3, -0.25) is 0 Å². The summed E-state index contributed by atoms with van der Waals surface area (Å²) in [5.41, 5.74) is 3.18. The van der Waals surface area contributed by atoms with Crippen LogP contribution in [0.5, 0.6) is 0 Å². The molecule has 3 aromatic carbocycles. The maximum atomic E-state index is 14.3. The first kappa shape index (κ1) is 21.2. The van der Waals surface area contributed by atoms with Gasteiger partial charge in [0, 0.05) is 18.4 Å². The first-order chi connectivity index (χ1) is 15.6. The van der Waals surface area contributed by atoms with E-state index in [4.69, 9.17) is 0 Å². The highest BCUT2D eigenvalue weighted by Gasteiger charge is 2.21. The molecule has 32 heavy (non-hydrogen) atoms. The average Bonchev–Trinajstić information content (AvgIpc) is 2.81. The van der Waals surface area contributed by atoms with Gasteiger partial charge < -0.3 is 10.4 Å². The van der Waals surface area contributed by atoms with Crippen molar-refractivity contribution in [3.63, 3.8) is 0 Å². The molecule has 0 aliphatic heterocycles. The third kappa shape index (κ3) is 5.16. The minimum Gasteiger partial charge on any atom is -0.480 e. The van der Waals surface area contributed by atoms with Gasteiger partial charge in [0.15, 0.2) is 0 Å². The van der Waals surface area contributed by atoms with E-state index in [0.29, 0.717) is 29.2 Å². The Hall–Kier alpha value is -4.06. The molecule has 0 spiro atoms. The van der Waals surface area contributed by atoms with E-state index in [1.54, 1.807) is 18.2 Å². The zero-order valence-corrected chi connectivity index (χ0v) is 17.3. The van der Waals surface area contributed by atoms with Crippen molar-refractivity contribution >= 4 is 11.8 Å². The lowest BCUT2D eigenvalue weighted by atomic mass is 10.1. The Bertz CT molecular complexity index is 1200. The van der Waals surface area contributed by atoms with Gasteiger partial charge in [0.25, 0.3) is 0 Å². The van der Waals surface area contributed by atoms with Crippen molar-refractivity contribution < 1.29 is 14.3 Å². The Labute approximate surface area is 185 Å². The largest absolute Gasteiger partial charge is 0.480 e. The molecule has 5 nitrogen and oxygen atoms in total. The van der Waals surface area contributed by atoms with Crippen LogP contribution in [0, 0.1) is 5.82 Å². The molecular weight excluding hydrogens is 405 g/mol. The van der Waals surface area contributed by atoms with Crippen LogP contribution in [0.2, 0.25) is 0 Å². The highest BCUT2D eigenvalue weighted by atomic mass is 19.1. The van der Waals surface area contributed by atoms with Gasteiger partial charge in [-0.2, -0.15) is 0 Å². The van der Waals surface area contributed by atoms with E-state index in [9.17, 15) is 14.3 Å². The molecule has 4 rings (SSSR count). The van der Waals surface area contributed by atoms with Crippen LogP contribution >= 0.6 is 0 Å². The van der Waals surface area contributed by atoms with Crippen molar-refractivity contribution in [1.29, 1.82) is 0 Å². The van der Waals surface area contributed by atoms with Gasteiger partial charge in [0.05, 0.1) is 17.6 Å². The molecule has 0 amide bonds. The third-order valence-electron chi connectivity index (χ3n) is 5.10. The fourth-order valence-corrected chi connectivity index (χ4v) is 3.47. The number of halogens is 1. The summed E-state index contributed by atoms with van der Waals surface area (Å²) in [6.07, 6.45) is 2.19. The summed E-state index contributed by atoms with van der Waals surface area (Å²) >= 11 is 0. The molecule has 0 fully saturated rings. The predicted molar refractivity (Wildman–Crippen MR) is 122 cm³/mol. The smallest absolute Gasteiger partial charge is 0.326 e. The highest BCUT2D eigenvalue weighted by molar-refractivity contribution is 5.77. The van der Waals surface area contributed by atoms with E-state index < -0.39 is 12.0 Å². The van der Waals surface area contributed by atoms with Crippen molar-refractivity contribution in [1.82, 2.24) is 9.97 Å². The number of carbonyl (C=O) groups is 1. The van der Waals surface area contributed by atoms with Crippen LogP contribution in [0.15, 0.2) is 91.1 Å². The Balaban J connectivity index is 1.69. The Morgan fingerprint density at radius 1 is 0.906 bits per heavy atom. The number of aromatic nitrogens is 2. The number of rotatable bonds is 8. The van der Waals surface area contributed by atoms with Crippen LogP contribution in [-0.2, 0) is 17.6 Å². The summed E-state index contributed by atoms with van der Waals surface area (Å²) in [7, 11) is 0. The van der Waals surface area contributed by atoms with Gasteiger partial charge in [-0.05, 0) is 23.3 Å². The van der Waals surface area contributed by atoms with Crippen molar-refractivity contribution in [2.45, 2.75) is 18.9 Å². The quantitative estimate of drug-likeness (QED) is 0.415. The van der Waals surface area contributed by atoms with Crippen molar-refractivity contribution in [2.75, 3.05) is 5.32 Å². The van der Waals surface area contributed by atoms with Gasteiger partial charge in [0.2, 0.25) is 0 Å². The molecule has 4 aromatic rings. The maximum absolute atomic E-state index is 14.3. The molecule has 1 unspecified atom stereocenters. The molecule has 160 valence electrons. The average molecular weight is 427 g/mol. The second-order valence-corrected chi connectivity index (χ2v) is 7.42. The SMILES string of the molecule is O=C(O)C(Cc1ccccc1)Nc1ncc(-c2ccccc2F)nc1Cc1ccccc1. The Kier molecular flexibility index (Phi) is 6.51. The van der Waals surface area contributed by atoms with Crippen LogP contribution in [-0.4, -0.2) is 27.1 Å². The number of aliphatic carboxylic acids is 1. The number of carboxylic acids is 1. The summed E-state index contributed by atoms with van der Waals surface area (Å²) in [5.74, 6) is -1.00. The first-order valence-electron chi connectivity index (χ1n) is 10.3. The fourth-order valence-electron chi connectivity index (χ4n) is 3.47. The molecule has 2 N–H and O–H groups in total. The van der Waals surface area contributed by atoms with Gasteiger partial charge in [-0.1, -0.05) is 72.8 Å². The molecule has 0 aliphatic rings. The third-order valence-corrected chi connectivity index (χ3v) is 5.10. The second kappa shape index (κ2) is 9.83. The number of hydrogen-bond acceptors (Lipinski definition) is 4. The number of benzene rings is 3. The van der Waals surface area contributed by atoms with E-state index in [0.717, 1.165) is 11.1 Å². The maximum Gasteiger partial charge on any atom is 0.326 e. The summed E-state index contributed by atoms with van der Waals surface area (Å²) in [6, 6.07) is 24.6. The zero-order valence-electron chi connectivity index (χ0n) is 17.3. The summed E-state index contributed by atoms with van der Waals surface area (Å²) < 4.78 is 14.3. The molecule has 0 aliphatic carbocycles. The van der Waals surface area contributed by atoms with Crippen molar-refractivity contribution in [3.05, 3.63) is 114 Å². The lowest BCUT2D eigenvalue weighted by Crippen LogP contribution is -2.32. The van der Waals surface area contributed by atoms with Crippen LogP contribution in [0.1, 0.15) is 16.8 Å². The van der Waals surface area contributed by atoms with E-state index in [-0.39, 0.29) is 12.2 Å². The van der Waals surface area contributed by atoms with Crippen LogP contribution < -0.4 is 5.32 Å². The number of hydrogen-bond donors (Lipinski definition) is 2. The summed E-state index contributed by atoms with van der Waals surface area (Å²) in [6.45, 7) is 0. The van der Waals surface area contributed by atoms with E-state index in [2.05, 4.69) is 15.3 Å². The van der Waals surface area contributed by atoms with E-state index in [1.807, 2.05) is 60.7 Å². The van der Waals surface area contributed by atoms with Crippen LogP contribution in [0.25, 0.3) is 11.3 Å². The minimum absolute atomic E-state index is 0.289. The number of anilines is 1. The first-order valence-corrected chi connectivity index (χ1v) is 10.3. The standard InChI is InChI=1S/C26H22FN3O2/c27-21-14-8-7-13-20(21)24-17-28-25(22(29-24)15-18-9-3-1-4-10-18)30-23(26(31)32)16-19-11-5-2-6-12-19/h1-14,17,23H,15-16H2,(H,28,30)(H,31,32). The topological polar surface area (TPSA) is 75.1 Å². The van der Waals surface area contributed by atoms with E-state index in [1.165, 1.54) is 12.3 Å². The van der Waals surface area contributed by atoms with E-state index >= 15 is 0 Å². The molecule has 6 heteroatoms. The molecule has 1 heterocycles. The second-order valence-electron chi connectivity index (χ2n) is 7.42. The lowest BCUT2D eigenvalue weighted by molar-refractivity contribution is -0.137. The molecule has 1 aromatic heterocycles. The molecule has 1 atom stereocenters. The summed E-state index contributed by atoms with van der Waals surface area (Å²) in [5, 5.41) is 12.8. The normalized spacial score (nSPS) is 11.7. The predicted octanol–water partition coefficient (Wildman–Crippen LogP) is 4.98. The van der Waals surface area contributed by atoms with Gasteiger partial charge in [-0.15, -0.1) is 0 Å². The van der Waals surface area contributed by atoms with Crippen LogP contribution in [0.4, 0.5) is 10.2 Å². The Morgan fingerprint density at radius 3 is 2.19 bits per heavy atom.